The van der Waals surface area contributed by atoms with Crippen molar-refractivity contribution in [3.8, 4) is 0 Å². The van der Waals surface area contributed by atoms with Crippen LogP contribution in [0.25, 0.3) is 11.0 Å². The lowest BCUT2D eigenvalue weighted by atomic mass is 10.1. The van der Waals surface area contributed by atoms with E-state index >= 15 is 0 Å². The smallest absolute Gasteiger partial charge is 0.134 e. The van der Waals surface area contributed by atoms with Crippen molar-refractivity contribution in [3.63, 3.8) is 0 Å². The van der Waals surface area contributed by atoms with Gasteiger partial charge in [0.15, 0.2) is 0 Å². The van der Waals surface area contributed by atoms with Crippen molar-refractivity contribution in [1.29, 1.82) is 0 Å². The molecule has 0 aliphatic rings. The highest BCUT2D eigenvalue weighted by atomic mass is 19.1. The number of nitrogens with two attached hydrogens (primary N) is 1. The molecule has 0 saturated carbocycles. The standard InChI is InChI=1S/C14H19FN2O2/c1-14(2,3)18-8-11(17-16)13-7-9-6-10(15)4-5-12(9)19-13/h4-7,11,17H,8,16H2,1-3H3. The van der Waals surface area contributed by atoms with E-state index in [1.165, 1.54) is 12.1 Å². The zero-order valence-electron chi connectivity index (χ0n) is 11.4. The van der Waals surface area contributed by atoms with Crippen molar-refractivity contribution < 1.29 is 13.5 Å². The Bertz CT molecular complexity index is 560. The van der Waals surface area contributed by atoms with Gasteiger partial charge in [0.1, 0.15) is 23.2 Å². The molecule has 0 saturated heterocycles. The molecule has 1 heterocycles. The molecule has 0 radical (unpaired) electrons. The van der Waals surface area contributed by atoms with Gasteiger partial charge < -0.3 is 9.15 Å². The molecule has 0 fully saturated rings. The van der Waals surface area contributed by atoms with Gasteiger partial charge in [0, 0.05) is 5.39 Å². The Hall–Kier alpha value is -1.43. The Kier molecular flexibility index (Phi) is 3.89. The first-order chi connectivity index (χ1) is 8.89. The summed E-state index contributed by atoms with van der Waals surface area (Å²) in [4.78, 5) is 0. The normalized spacial score (nSPS) is 13.9. The van der Waals surface area contributed by atoms with Crippen molar-refractivity contribution in [2.24, 2.45) is 5.84 Å². The average molecular weight is 266 g/mol. The molecule has 1 aromatic heterocycles. The quantitative estimate of drug-likeness (QED) is 0.660. The van der Waals surface area contributed by atoms with Gasteiger partial charge in [-0.15, -0.1) is 0 Å². The Labute approximate surface area is 111 Å². The number of ether oxygens (including phenoxy) is 1. The molecule has 104 valence electrons. The van der Waals surface area contributed by atoms with Crippen LogP contribution in [0.1, 0.15) is 32.6 Å². The predicted octanol–water partition coefficient (Wildman–Crippen LogP) is 2.89. The van der Waals surface area contributed by atoms with Crippen LogP contribution in [0.15, 0.2) is 28.7 Å². The monoisotopic (exact) mass is 266 g/mol. The maximum absolute atomic E-state index is 13.1. The van der Waals surface area contributed by atoms with Crippen LogP contribution in [0.5, 0.6) is 0 Å². The van der Waals surface area contributed by atoms with Crippen molar-refractivity contribution in [2.75, 3.05) is 6.61 Å². The van der Waals surface area contributed by atoms with Gasteiger partial charge in [-0.3, -0.25) is 5.84 Å². The van der Waals surface area contributed by atoms with Gasteiger partial charge in [0.2, 0.25) is 0 Å². The Balaban J connectivity index is 2.20. The summed E-state index contributed by atoms with van der Waals surface area (Å²) in [7, 11) is 0. The first-order valence-corrected chi connectivity index (χ1v) is 6.18. The molecule has 0 amide bonds. The molecule has 0 bridgehead atoms. The number of benzene rings is 1. The number of rotatable bonds is 4. The van der Waals surface area contributed by atoms with E-state index in [-0.39, 0.29) is 17.5 Å². The molecule has 2 rings (SSSR count). The highest BCUT2D eigenvalue weighted by molar-refractivity contribution is 5.78. The zero-order chi connectivity index (χ0) is 14.0. The van der Waals surface area contributed by atoms with Crippen LogP contribution in [0.4, 0.5) is 4.39 Å². The summed E-state index contributed by atoms with van der Waals surface area (Å²) >= 11 is 0. The third kappa shape index (κ3) is 3.53. The first kappa shape index (κ1) is 14.0. The fraction of sp³-hybridized carbons (Fsp3) is 0.429. The summed E-state index contributed by atoms with van der Waals surface area (Å²) in [5.41, 5.74) is 3.03. The highest BCUT2D eigenvalue weighted by Gasteiger charge is 2.19. The summed E-state index contributed by atoms with van der Waals surface area (Å²) in [6.07, 6.45) is 0. The van der Waals surface area contributed by atoms with Crippen LogP contribution in [0, 0.1) is 5.82 Å². The zero-order valence-corrected chi connectivity index (χ0v) is 11.4. The second-order valence-electron chi connectivity index (χ2n) is 5.47. The highest BCUT2D eigenvalue weighted by Crippen LogP contribution is 2.25. The number of furan rings is 1. The number of hydrogen-bond donors (Lipinski definition) is 2. The predicted molar refractivity (Wildman–Crippen MR) is 71.9 cm³/mol. The first-order valence-electron chi connectivity index (χ1n) is 6.18. The molecule has 0 aliphatic carbocycles. The second-order valence-corrected chi connectivity index (χ2v) is 5.47. The van der Waals surface area contributed by atoms with E-state index in [1.807, 2.05) is 20.8 Å². The van der Waals surface area contributed by atoms with Gasteiger partial charge in [-0.25, -0.2) is 9.82 Å². The number of nitrogens with one attached hydrogen (secondary N) is 1. The molecule has 1 atom stereocenters. The maximum Gasteiger partial charge on any atom is 0.134 e. The number of halogens is 1. The summed E-state index contributed by atoms with van der Waals surface area (Å²) in [6, 6.07) is 5.91. The topological polar surface area (TPSA) is 60.4 Å². The second kappa shape index (κ2) is 5.28. The van der Waals surface area contributed by atoms with Crippen LogP contribution in [0.2, 0.25) is 0 Å². The van der Waals surface area contributed by atoms with Gasteiger partial charge >= 0.3 is 0 Å². The van der Waals surface area contributed by atoms with E-state index in [1.54, 1.807) is 12.1 Å². The molecule has 19 heavy (non-hydrogen) atoms. The third-order valence-corrected chi connectivity index (χ3v) is 2.73. The molecular formula is C14H19FN2O2. The van der Waals surface area contributed by atoms with Crippen molar-refractivity contribution in [3.05, 3.63) is 35.8 Å². The lowest BCUT2D eigenvalue weighted by Crippen LogP contribution is -2.34. The van der Waals surface area contributed by atoms with Crippen LogP contribution < -0.4 is 11.3 Å². The van der Waals surface area contributed by atoms with Gasteiger partial charge in [0.05, 0.1) is 12.2 Å². The van der Waals surface area contributed by atoms with E-state index in [0.29, 0.717) is 23.3 Å². The van der Waals surface area contributed by atoms with E-state index in [9.17, 15) is 4.39 Å². The Morgan fingerprint density at radius 1 is 1.37 bits per heavy atom. The lowest BCUT2D eigenvalue weighted by molar-refractivity contribution is -0.0171. The van der Waals surface area contributed by atoms with Gasteiger partial charge in [-0.05, 0) is 45.0 Å². The maximum atomic E-state index is 13.1. The summed E-state index contributed by atoms with van der Waals surface area (Å²) < 4.78 is 24.5. The fourth-order valence-corrected chi connectivity index (χ4v) is 1.75. The number of hydrogen-bond acceptors (Lipinski definition) is 4. The lowest BCUT2D eigenvalue weighted by Gasteiger charge is -2.23. The molecule has 4 nitrogen and oxygen atoms in total. The van der Waals surface area contributed by atoms with Crippen molar-refractivity contribution >= 4 is 11.0 Å². The van der Waals surface area contributed by atoms with E-state index in [0.717, 1.165) is 0 Å². The van der Waals surface area contributed by atoms with E-state index in [4.69, 9.17) is 15.0 Å². The number of hydrazine groups is 1. The average Bonchev–Trinajstić information content (AvgIpc) is 2.71. The van der Waals surface area contributed by atoms with Crippen LogP contribution in [0.3, 0.4) is 0 Å². The molecule has 3 N–H and O–H groups in total. The Morgan fingerprint density at radius 2 is 2.11 bits per heavy atom. The molecule has 0 spiro atoms. The van der Waals surface area contributed by atoms with Gasteiger partial charge in [-0.2, -0.15) is 0 Å². The summed E-state index contributed by atoms with van der Waals surface area (Å²) in [5, 5.41) is 0.714. The number of fused-ring (bicyclic) bond motifs is 1. The summed E-state index contributed by atoms with van der Waals surface area (Å²) in [5.74, 6) is 5.86. The van der Waals surface area contributed by atoms with E-state index in [2.05, 4.69) is 5.43 Å². The molecule has 1 unspecified atom stereocenters. The summed E-state index contributed by atoms with van der Waals surface area (Å²) in [6.45, 7) is 6.28. The van der Waals surface area contributed by atoms with Crippen molar-refractivity contribution in [1.82, 2.24) is 5.43 Å². The van der Waals surface area contributed by atoms with Crippen molar-refractivity contribution in [2.45, 2.75) is 32.4 Å². The minimum absolute atomic E-state index is 0.257. The van der Waals surface area contributed by atoms with Crippen LogP contribution >= 0.6 is 0 Å². The van der Waals surface area contributed by atoms with Crippen LogP contribution in [-0.4, -0.2) is 12.2 Å². The Morgan fingerprint density at radius 3 is 2.74 bits per heavy atom. The molecule has 0 aliphatic heterocycles. The molecule has 1 aromatic carbocycles. The van der Waals surface area contributed by atoms with Gasteiger partial charge in [-0.1, -0.05) is 0 Å². The SMILES string of the molecule is CC(C)(C)OCC(NN)c1cc2cc(F)ccc2o1. The van der Waals surface area contributed by atoms with E-state index < -0.39 is 0 Å². The third-order valence-electron chi connectivity index (χ3n) is 2.73. The largest absolute Gasteiger partial charge is 0.459 e. The molecular weight excluding hydrogens is 247 g/mol. The minimum atomic E-state index is -0.289. The van der Waals surface area contributed by atoms with Gasteiger partial charge in [0.25, 0.3) is 0 Å². The molecule has 5 heteroatoms. The minimum Gasteiger partial charge on any atom is -0.459 e. The van der Waals surface area contributed by atoms with Crippen LogP contribution in [-0.2, 0) is 4.74 Å². The molecule has 2 aromatic rings. The fourth-order valence-electron chi connectivity index (χ4n) is 1.75.